The van der Waals surface area contributed by atoms with Crippen LogP contribution in [0.25, 0.3) is 0 Å². The maximum atomic E-state index is 10.2. The molecule has 14 heavy (non-hydrogen) atoms. The maximum absolute atomic E-state index is 10.2. The van der Waals surface area contributed by atoms with Crippen LogP contribution in [0, 0.1) is 0 Å². The molecule has 0 aliphatic heterocycles. The first-order valence-electron chi connectivity index (χ1n) is 4.17. The molecule has 0 aliphatic carbocycles. The molecule has 0 heterocycles. The average Bonchev–Trinajstić information content (AvgIpc) is 2.19. The van der Waals surface area contributed by atoms with Gasteiger partial charge in [-0.25, -0.2) is 0 Å². The molecule has 0 bridgehead atoms. The van der Waals surface area contributed by atoms with Gasteiger partial charge in [0.1, 0.15) is 6.29 Å². The standard InChI is InChI=1S/C7H7BO3.C2H6O/c9-5-6-1-3-7(4-2-6)8(10)11;1-2-3/h1-5,10-11H;3H,2H2,1H3. The summed E-state index contributed by atoms with van der Waals surface area (Å²) in [6.07, 6.45) is 0.702. The molecule has 1 aromatic rings. The summed E-state index contributed by atoms with van der Waals surface area (Å²) < 4.78 is 0. The monoisotopic (exact) mass is 196 g/mol. The summed E-state index contributed by atoms with van der Waals surface area (Å²) in [4.78, 5) is 10.2. The lowest BCUT2D eigenvalue weighted by molar-refractivity contribution is 0.112. The average molecular weight is 196 g/mol. The maximum Gasteiger partial charge on any atom is 0.488 e. The molecule has 76 valence electrons. The normalized spacial score (nSPS) is 8.57. The molecule has 1 rings (SSSR count). The molecule has 0 fully saturated rings. The van der Waals surface area contributed by atoms with Gasteiger partial charge >= 0.3 is 7.12 Å². The quantitative estimate of drug-likeness (QED) is 0.426. The van der Waals surface area contributed by atoms with Crippen molar-refractivity contribution in [2.45, 2.75) is 6.92 Å². The molecule has 3 N–H and O–H groups in total. The summed E-state index contributed by atoms with van der Waals surface area (Å²) in [6, 6.07) is 6.05. The third-order valence-corrected chi connectivity index (χ3v) is 1.37. The van der Waals surface area contributed by atoms with Crippen LogP contribution in [0.3, 0.4) is 0 Å². The first-order valence-corrected chi connectivity index (χ1v) is 4.17. The smallest absolute Gasteiger partial charge is 0.423 e. The van der Waals surface area contributed by atoms with Gasteiger partial charge in [-0.05, 0) is 12.4 Å². The van der Waals surface area contributed by atoms with Crippen molar-refractivity contribution in [3.8, 4) is 0 Å². The van der Waals surface area contributed by atoms with Crippen LogP contribution in [-0.2, 0) is 0 Å². The van der Waals surface area contributed by atoms with E-state index in [1.54, 1.807) is 6.92 Å². The summed E-state index contributed by atoms with van der Waals surface area (Å²) >= 11 is 0. The number of aliphatic hydroxyl groups excluding tert-OH is 1. The van der Waals surface area contributed by atoms with Crippen LogP contribution >= 0.6 is 0 Å². The second-order valence-electron chi connectivity index (χ2n) is 2.47. The summed E-state index contributed by atoms with van der Waals surface area (Å²) in [7, 11) is -1.46. The van der Waals surface area contributed by atoms with Crippen LogP contribution in [0.4, 0.5) is 0 Å². The Kier molecular flexibility index (Phi) is 6.65. The van der Waals surface area contributed by atoms with Crippen LogP contribution < -0.4 is 5.46 Å². The van der Waals surface area contributed by atoms with Gasteiger partial charge in [0, 0.05) is 12.2 Å². The Morgan fingerprint density at radius 3 is 2.00 bits per heavy atom. The van der Waals surface area contributed by atoms with Crippen LogP contribution in [0.15, 0.2) is 24.3 Å². The number of carbonyl (C=O) groups excluding carboxylic acids is 1. The van der Waals surface area contributed by atoms with Crippen molar-refractivity contribution in [1.82, 2.24) is 0 Å². The van der Waals surface area contributed by atoms with Gasteiger partial charge in [-0.2, -0.15) is 0 Å². The number of hydrogen-bond acceptors (Lipinski definition) is 4. The van der Waals surface area contributed by atoms with E-state index >= 15 is 0 Å². The van der Waals surface area contributed by atoms with Crippen molar-refractivity contribution >= 4 is 18.9 Å². The highest BCUT2D eigenvalue weighted by molar-refractivity contribution is 6.58. The lowest BCUT2D eigenvalue weighted by Gasteiger charge is -1.97. The van der Waals surface area contributed by atoms with E-state index in [4.69, 9.17) is 15.2 Å². The fraction of sp³-hybridized carbons (Fsp3) is 0.222. The van der Waals surface area contributed by atoms with Crippen LogP contribution in [0.1, 0.15) is 17.3 Å². The highest BCUT2D eigenvalue weighted by atomic mass is 16.4. The largest absolute Gasteiger partial charge is 0.488 e. The Morgan fingerprint density at radius 1 is 1.29 bits per heavy atom. The second kappa shape index (κ2) is 7.26. The van der Waals surface area contributed by atoms with Crippen molar-refractivity contribution in [3.63, 3.8) is 0 Å². The molecule has 0 saturated heterocycles. The van der Waals surface area contributed by atoms with Crippen LogP contribution in [0.2, 0.25) is 0 Å². The minimum atomic E-state index is -1.46. The predicted molar refractivity (Wildman–Crippen MR) is 54.4 cm³/mol. The Labute approximate surface area is 83.0 Å². The molecule has 0 radical (unpaired) electrons. The molecule has 0 spiro atoms. The van der Waals surface area contributed by atoms with Gasteiger partial charge in [0.15, 0.2) is 0 Å². The molecule has 0 saturated carbocycles. The third kappa shape index (κ3) is 4.76. The fourth-order valence-corrected chi connectivity index (χ4v) is 0.747. The lowest BCUT2D eigenvalue weighted by atomic mass is 9.80. The highest BCUT2D eigenvalue weighted by Crippen LogP contribution is 1.91. The van der Waals surface area contributed by atoms with E-state index in [1.807, 2.05) is 0 Å². The molecule has 4 nitrogen and oxygen atoms in total. The van der Waals surface area contributed by atoms with Crippen LogP contribution in [0.5, 0.6) is 0 Å². The van der Waals surface area contributed by atoms with E-state index in [-0.39, 0.29) is 6.61 Å². The van der Waals surface area contributed by atoms with E-state index < -0.39 is 7.12 Å². The molecule has 0 aliphatic rings. The summed E-state index contributed by atoms with van der Waals surface area (Å²) in [5.74, 6) is 0. The van der Waals surface area contributed by atoms with Crippen molar-refractivity contribution in [1.29, 1.82) is 0 Å². The van der Waals surface area contributed by atoms with Gasteiger partial charge in [0.05, 0.1) is 0 Å². The van der Waals surface area contributed by atoms with Crippen molar-refractivity contribution in [3.05, 3.63) is 29.8 Å². The van der Waals surface area contributed by atoms with Gasteiger partial charge in [-0.3, -0.25) is 4.79 Å². The number of hydrogen-bond donors (Lipinski definition) is 3. The Hall–Kier alpha value is -1.17. The van der Waals surface area contributed by atoms with E-state index in [2.05, 4.69) is 0 Å². The molecular formula is C9H13BO4. The number of benzene rings is 1. The Balaban J connectivity index is 0.000000500. The molecule has 0 unspecified atom stereocenters. The number of rotatable bonds is 2. The summed E-state index contributed by atoms with van der Waals surface area (Å²) in [5.41, 5.74) is 0.907. The third-order valence-electron chi connectivity index (χ3n) is 1.37. The fourth-order valence-electron chi connectivity index (χ4n) is 0.747. The number of aldehydes is 1. The lowest BCUT2D eigenvalue weighted by Crippen LogP contribution is -2.29. The van der Waals surface area contributed by atoms with E-state index in [0.717, 1.165) is 0 Å². The zero-order valence-corrected chi connectivity index (χ0v) is 7.92. The van der Waals surface area contributed by atoms with Crippen molar-refractivity contribution < 1.29 is 19.9 Å². The first kappa shape index (κ1) is 12.8. The van der Waals surface area contributed by atoms with Gasteiger partial charge in [-0.15, -0.1) is 0 Å². The highest BCUT2D eigenvalue weighted by Gasteiger charge is 2.08. The Bertz CT molecular complexity index is 258. The van der Waals surface area contributed by atoms with E-state index in [0.29, 0.717) is 17.3 Å². The summed E-state index contributed by atoms with van der Waals surface area (Å²) in [5, 5.41) is 24.9. The van der Waals surface area contributed by atoms with Gasteiger partial charge in [0.25, 0.3) is 0 Å². The first-order chi connectivity index (χ1) is 6.65. The minimum Gasteiger partial charge on any atom is -0.423 e. The van der Waals surface area contributed by atoms with Gasteiger partial charge < -0.3 is 15.2 Å². The van der Waals surface area contributed by atoms with Crippen LogP contribution in [-0.4, -0.2) is 35.2 Å². The molecule has 0 atom stereocenters. The van der Waals surface area contributed by atoms with Crippen molar-refractivity contribution in [2.75, 3.05) is 6.61 Å². The Morgan fingerprint density at radius 2 is 1.71 bits per heavy atom. The molecular weight excluding hydrogens is 183 g/mol. The van der Waals surface area contributed by atoms with Gasteiger partial charge in [0.2, 0.25) is 0 Å². The second-order valence-corrected chi connectivity index (χ2v) is 2.47. The number of aliphatic hydroxyl groups is 1. The molecule has 1 aromatic carbocycles. The van der Waals surface area contributed by atoms with Gasteiger partial charge in [-0.1, -0.05) is 24.3 Å². The molecule has 5 heteroatoms. The number of carbonyl (C=O) groups is 1. The zero-order valence-electron chi connectivity index (χ0n) is 7.92. The molecule has 0 aromatic heterocycles. The predicted octanol–water partition coefficient (Wildman–Crippen LogP) is -0.823. The summed E-state index contributed by atoms with van der Waals surface area (Å²) in [6.45, 7) is 1.93. The molecule has 0 amide bonds. The van der Waals surface area contributed by atoms with E-state index in [9.17, 15) is 4.79 Å². The minimum absolute atomic E-state index is 0.250. The SMILES string of the molecule is CCO.O=Cc1ccc(B(O)O)cc1. The zero-order chi connectivity index (χ0) is 11.0. The van der Waals surface area contributed by atoms with E-state index in [1.165, 1.54) is 24.3 Å². The topological polar surface area (TPSA) is 77.8 Å². The van der Waals surface area contributed by atoms with Crippen molar-refractivity contribution in [2.24, 2.45) is 0 Å².